The number of aliphatic hydroxyl groups is 1. The third-order valence-electron chi connectivity index (χ3n) is 2.38. The Balaban J connectivity index is 2.44. The van der Waals surface area contributed by atoms with E-state index in [1.165, 1.54) is 0 Å². The van der Waals surface area contributed by atoms with Gasteiger partial charge in [-0.1, -0.05) is 6.07 Å². The summed E-state index contributed by atoms with van der Waals surface area (Å²) in [5, 5.41) is 17.4. The van der Waals surface area contributed by atoms with Crippen molar-refractivity contribution in [3.05, 3.63) is 29.3 Å². The lowest BCUT2D eigenvalue weighted by Gasteiger charge is -2.08. The molecule has 0 radical (unpaired) electrons. The minimum absolute atomic E-state index is 0.239. The molecule has 0 aliphatic heterocycles. The van der Waals surface area contributed by atoms with Crippen LogP contribution in [0.2, 0.25) is 0 Å². The normalized spacial score (nSPS) is 9.81. The van der Waals surface area contributed by atoms with E-state index in [-0.39, 0.29) is 6.61 Å². The molecule has 0 aliphatic carbocycles. The Labute approximate surface area is 96.3 Å². The number of nitrogens with zero attached hydrogens (tertiary/aromatic N) is 1. The molecule has 86 valence electrons. The summed E-state index contributed by atoms with van der Waals surface area (Å²) >= 11 is 0. The molecule has 1 aromatic carbocycles. The number of ether oxygens (including phenoxy) is 1. The van der Waals surface area contributed by atoms with Crippen LogP contribution in [0.25, 0.3) is 0 Å². The lowest BCUT2D eigenvalue weighted by atomic mass is 10.1. The van der Waals surface area contributed by atoms with Gasteiger partial charge in [0.15, 0.2) is 0 Å². The summed E-state index contributed by atoms with van der Waals surface area (Å²) in [5.41, 5.74) is 1.66. The van der Waals surface area contributed by atoms with E-state index in [0.29, 0.717) is 12.2 Å². The summed E-state index contributed by atoms with van der Waals surface area (Å²) in [7, 11) is 0. The van der Waals surface area contributed by atoms with Gasteiger partial charge in [0.05, 0.1) is 18.2 Å². The van der Waals surface area contributed by atoms with E-state index >= 15 is 0 Å². The Bertz CT molecular complexity index is 369. The van der Waals surface area contributed by atoms with E-state index in [0.717, 1.165) is 30.6 Å². The number of benzene rings is 1. The topological polar surface area (TPSA) is 53.2 Å². The molecule has 0 atom stereocenters. The monoisotopic (exact) mass is 219 g/mol. The SMILES string of the molecule is Cc1ccc(C#N)cc1OCCCCCO. The van der Waals surface area contributed by atoms with Gasteiger partial charge in [-0.15, -0.1) is 0 Å². The molecule has 0 saturated carbocycles. The van der Waals surface area contributed by atoms with Crippen LogP contribution in [0.15, 0.2) is 18.2 Å². The molecule has 1 rings (SSSR count). The van der Waals surface area contributed by atoms with Gasteiger partial charge in [0.1, 0.15) is 5.75 Å². The van der Waals surface area contributed by atoms with E-state index in [2.05, 4.69) is 6.07 Å². The molecule has 3 heteroatoms. The van der Waals surface area contributed by atoms with Crippen molar-refractivity contribution >= 4 is 0 Å². The maximum atomic E-state index is 8.76. The van der Waals surface area contributed by atoms with Crippen LogP contribution in [-0.4, -0.2) is 18.3 Å². The number of hydrogen-bond acceptors (Lipinski definition) is 3. The summed E-state index contributed by atoms with van der Waals surface area (Å²) in [5.74, 6) is 0.781. The van der Waals surface area contributed by atoms with Gasteiger partial charge in [0.2, 0.25) is 0 Å². The highest BCUT2D eigenvalue weighted by molar-refractivity contribution is 5.41. The highest BCUT2D eigenvalue weighted by atomic mass is 16.5. The van der Waals surface area contributed by atoms with Gasteiger partial charge in [-0.05, 0) is 43.9 Å². The molecule has 0 bridgehead atoms. The van der Waals surface area contributed by atoms with E-state index in [1.54, 1.807) is 12.1 Å². The molecular weight excluding hydrogens is 202 g/mol. The van der Waals surface area contributed by atoms with Crippen molar-refractivity contribution in [1.29, 1.82) is 5.26 Å². The lowest BCUT2D eigenvalue weighted by molar-refractivity contribution is 0.265. The molecule has 0 aromatic heterocycles. The van der Waals surface area contributed by atoms with Crippen molar-refractivity contribution in [2.75, 3.05) is 13.2 Å². The van der Waals surface area contributed by atoms with Crippen molar-refractivity contribution in [3.8, 4) is 11.8 Å². The smallest absolute Gasteiger partial charge is 0.123 e. The van der Waals surface area contributed by atoms with Gasteiger partial charge in [-0.25, -0.2) is 0 Å². The standard InChI is InChI=1S/C13H17NO2/c1-11-5-6-12(10-14)9-13(11)16-8-4-2-3-7-15/h5-6,9,15H,2-4,7-8H2,1H3. The number of aliphatic hydroxyl groups excluding tert-OH is 1. The maximum Gasteiger partial charge on any atom is 0.123 e. The number of rotatable bonds is 6. The van der Waals surface area contributed by atoms with E-state index < -0.39 is 0 Å². The Morgan fingerprint density at radius 2 is 2.12 bits per heavy atom. The largest absolute Gasteiger partial charge is 0.493 e. The van der Waals surface area contributed by atoms with Crippen molar-refractivity contribution in [1.82, 2.24) is 0 Å². The predicted octanol–water partition coefficient (Wildman–Crippen LogP) is 2.41. The summed E-state index contributed by atoms with van der Waals surface area (Å²) < 4.78 is 5.59. The van der Waals surface area contributed by atoms with Crippen molar-refractivity contribution in [2.45, 2.75) is 26.2 Å². The van der Waals surface area contributed by atoms with E-state index in [1.807, 2.05) is 13.0 Å². The molecule has 0 saturated heterocycles. The van der Waals surface area contributed by atoms with Gasteiger partial charge in [0, 0.05) is 6.61 Å². The second kappa shape index (κ2) is 6.86. The van der Waals surface area contributed by atoms with Crippen LogP contribution in [0.5, 0.6) is 5.75 Å². The van der Waals surface area contributed by atoms with Crippen LogP contribution < -0.4 is 4.74 Å². The predicted molar refractivity (Wildman–Crippen MR) is 62.3 cm³/mol. The molecule has 0 spiro atoms. The van der Waals surface area contributed by atoms with Gasteiger partial charge in [0.25, 0.3) is 0 Å². The van der Waals surface area contributed by atoms with Crippen LogP contribution in [-0.2, 0) is 0 Å². The van der Waals surface area contributed by atoms with Gasteiger partial charge < -0.3 is 9.84 Å². The molecule has 0 heterocycles. The zero-order valence-electron chi connectivity index (χ0n) is 9.57. The first kappa shape index (κ1) is 12.5. The average molecular weight is 219 g/mol. The Hall–Kier alpha value is -1.53. The second-order valence-corrected chi connectivity index (χ2v) is 3.72. The van der Waals surface area contributed by atoms with Gasteiger partial charge in [-0.3, -0.25) is 0 Å². The fourth-order valence-electron chi connectivity index (χ4n) is 1.40. The summed E-state index contributed by atoms with van der Waals surface area (Å²) in [6, 6.07) is 7.53. The third kappa shape index (κ3) is 3.92. The van der Waals surface area contributed by atoms with Gasteiger partial charge in [-0.2, -0.15) is 5.26 Å². The molecule has 0 unspecified atom stereocenters. The Kier molecular flexibility index (Phi) is 5.38. The summed E-state index contributed by atoms with van der Waals surface area (Å²) in [6.45, 7) is 2.84. The fourth-order valence-corrected chi connectivity index (χ4v) is 1.40. The number of unbranched alkanes of at least 4 members (excludes halogenated alkanes) is 2. The lowest BCUT2D eigenvalue weighted by Crippen LogP contribution is -1.99. The Morgan fingerprint density at radius 3 is 2.81 bits per heavy atom. The van der Waals surface area contributed by atoms with Crippen LogP contribution >= 0.6 is 0 Å². The van der Waals surface area contributed by atoms with Crippen LogP contribution in [0.3, 0.4) is 0 Å². The van der Waals surface area contributed by atoms with Crippen molar-refractivity contribution in [3.63, 3.8) is 0 Å². The highest BCUT2D eigenvalue weighted by Gasteiger charge is 2.01. The Morgan fingerprint density at radius 1 is 1.31 bits per heavy atom. The molecule has 0 fully saturated rings. The third-order valence-corrected chi connectivity index (χ3v) is 2.38. The first-order valence-electron chi connectivity index (χ1n) is 5.52. The van der Waals surface area contributed by atoms with Gasteiger partial charge >= 0.3 is 0 Å². The molecule has 0 aliphatic rings. The second-order valence-electron chi connectivity index (χ2n) is 3.72. The molecule has 16 heavy (non-hydrogen) atoms. The summed E-state index contributed by atoms with van der Waals surface area (Å²) in [6.07, 6.45) is 2.71. The van der Waals surface area contributed by atoms with E-state index in [9.17, 15) is 0 Å². The molecular formula is C13H17NO2. The fraction of sp³-hybridized carbons (Fsp3) is 0.462. The number of nitriles is 1. The molecule has 1 N–H and O–H groups in total. The van der Waals surface area contributed by atoms with Crippen LogP contribution in [0.1, 0.15) is 30.4 Å². The quantitative estimate of drug-likeness (QED) is 0.747. The maximum absolute atomic E-state index is 8.76. The number of hydrogen-bond donors (Lipinski definition) is 1. The zero-order chi connectivity index (χ0) is 11.8. The zero-order valence-corrected chi connectivity index (χ0v) is 9.57. The molecule has 1 aromatic rings. The highest BCUT2D eigenvalue weighted by Crippen LogP contribution is 2.19. The van der Waals surface area contributed by atoms with Crippen LogP contribution in [0.4, 0.5) is 0 Å². The minimum atomic E-state index is 0.239. The molecule has 0 amide bonds. The van der Waals surface area contributed by atoms with Crippen molar-refractivity contribution in [2.24, 2.45) is 0 Å². The average Bonchev–Trinajstić information content (AvgIpc) is 2.31. The minimum Gasteiger partial charge on any atom is -0.493 e. The van der Waals surface area contributed by atoms with Crippen LogP contribution in [0, 0.1) is 18.3 Å². The molecule has 3 nitrogen and oxygen atoms in total. The first-order valence-corrected chi connectivity index (χ1v) is 5.52. The summed E-state index contributed by atoms with van der Waals surface area (Å²) in [4.78, 5) is 0. The van der Waals surface area contributed by atoms with Crippen molar-refractivity contribution < 1.29 is 9.84 Å². The van der Waals surface area contributed by atoms with E-state index in [4.69, 9.17) is 15.1 Å². The number of aryl methyl sites for hydroxylation is 1. The first-order chi connectivity index (χ1) is 7.77.